The second kappa shape index (κ2) is 5.92. The number of carbonyl (C=O) groups is 1. The van der Waals surface area contributed by atoms with E-state index in [1.54, 1.807) is 12.1 Å². The molecule has 2 heterocycles. The van der Waals surface area contributed by atoms with Gasteiger partial charge >= 0.3 is 5.97 Å². The molecule has 2 N–H and O–H groups in total. The minimum absolute atomic E-state index is 0.351. The summed E-state index contributed by atoms with van der Waals surface area (Å²) < 4.78 is 4.73. The summed E-state index contributed by atoms with van der Waals surface area (Å²) >= 11 is 0. The van der Waals surface area contributed by atoms with Crippen LogP contribution < -0.4 is 5.32 Å². The van der Waals surface area contributed by atoms with Crippen molar-refractivity contribution in [2.45, 2.75) is 25.3 Å². The number of rotatable bonds is 5. The van der Waals surface area contributed by atoms with Crippen molar-refractivity contribution in [3.05, 3.63) is 47.5 Å². The van der Waals surface area contributed by atoms with Crippen LogP contribution in [0.1, 0.15) is 40.8 Å². The van der Waals surface area contributed by atoms with Crippen LogP contribution in [0.15, 0.2) is 30.3 Å². The van der Waals surface area contributed by atoms with Crippen LogP contribution in [0, 0.1) is 0 Å². The quantitative estimate of drug-likeness (QED) is 0.701. The zero-order valence-corrected chi connectivity index (χ0v) is 13.2. The van der Waals surface area contributed by atoms with Crippen LogP contribution in [0.4, 0.5) is 5.82 Å². The van der Waals surface area contributed by atoms with Gasteiger partial charge in [0.15, 0.2) is 5.82 Å². The first-order valence-corrected chi connectivity index (χ1v) is 7.87. The molecule has 7 nitrogen and oxygen atoms in total. The third-order valence-electron chi connectivity index (χ3n) is 4.04. The van der Waals surface area contributed by atoms with Crippen molar-refractivity contribution in [3.8, 4) is 0 Å². The van der Waals surface area contributed by atoms with Gasteiger partial charge in [0.2, 0.25) is 0 Å². The molecule has 24 heavy (non-hydrogen) atoms. The van der Waals surface area contributed by atoms with E-state index in [4.69, 9.17) is 4.74 Å². The van der Waals surface area contributed by atoms with Crippen molar-refractivity contribution in [1.82, 2.24) is 20.2 Å². The van der Waals surface area contributed by atoms with E-state index >= 15 is 0 Å². The molecule has 122 valence electrons. The minimum Gasteiger partial charge on any atom is -0.465 e. The van der Waals surface area contributed by atoms with Crippen LogP contribution in [0.3, 0.4) is 0 Å². The molecule has 0 amide bonds. The summed E-state index contributed by atoms with van der Waals surface area (Å²) in [4.78, 5) is 20.6. The summed E-state index contributed by atoms with van der Waals surface area (Å²) in [5.41, 5.74) is 1.32. The number of H-pyrrole nitrogens is 1. The molecule has 0 bridgehead atoms. The Kier molecular flexibility index (Phi) is 3.60. The van der Waals surface area contributed by atoms with Gasteiger partial charge in [0, 0.05) is 11.3 Å². The lowest BCUT2D eigenvalue weighted by Gasteiger charge is -2.06. The average Bonchev–Trinajstić information content (AvgIpc) is 3.37. The Labute approximate surface area is 138 Å². The number of methoxy groups -OCH3 is 1. The van der Waals surface area contributed by atoms with Crippen molar-refractivity contribution in [1.29, 1.82) is 0 Å². The molecular weight excluding hydrogens is 306 g/mol. The number of aromatic nitrogens is 4. The Morgan fingerprint density at radius 1 is 1.29 bits per heavy atom. The molecule has 0 saturated heterocycles. The third-order valence-corrected chi connectivity index (χ3v) is 4.04. The molecule has 0 atom stereocenters. The molecule has 7 heteroatoms. The molecule has 1 aliphatic carbocycles. The highest BCUT2D eigenvalue weighted by atomic mass is 16.5. The summed E-state index contributed by atoms with van der Waals surface area (Å²) in [6.45, 7) is 0.540. The molecule has 4 rings (SSSR count). The van der Waals surface area contributed by atoms with Crippen LogP contribution in [0.25, 0.3) is 10.9 Å². The zero-order chi connectivity index (χ0) is 16.5. The third kappa shape index (κ3) is 2.92. The number of nitrogens with one attached hydrogen (secondary N) is 2. The number of benzene rings is 1. The number of aromatic amines is 1. The summed E-state index contributed by atoms with van der Waals surface area (Å²) in [5.74, 6) is 2.65. The predicted octanol–water partition coefficient (Wildman–Crippen LogP) is 2.63. The first-order valence-electron chi connectivity index (χ1n) is 7.87. The summed E-state index contributed by atoms with van der Waals surface area (Å²) in [6.07, 6.45) is 2.37. The maximum absolute atomic E-state index is 11.6. The highest BCUT2D eigenvalue weighted by molar-refractivity contribution is 5.94. The lowest BCUT2D eigenvalue weighted by atomic mass is 10.1. The first-order chi connectivity index (χ1) is 11.7. The summed E-state index contributed by atoms with van der Waals surface area (Å²) in [5, 5.41) is 11.3. The van der Waals surface area contributed by atoms with Crippen molar-refractivity contribution in [3.63, 3.8) is 0 Å². The molecule has 1 fully saturated rings. The molecule has 3 aromatic rings. The number of hydrogen-bond donors (Lipinski definition) is 2. The number of pyridine rings is 1. The molecule has 0 aliphatic heterocycles. The normalized spacial score (nSPS) is 13.9. The van der Waals surface area contributed by atoms with Gasteiger partial charge in [-0.2, -0.15) is 5.10 Å². The predicted molar refractivity (Wildman–Crippen MR) is 88.8 cm³/mol. The smallest absolute Gasteiger partial charge is 0.337 e. The minimum atomic E-state index is -0.351. The van der Waals surface area contributed by atoms with E-state index in [1.807, 2.05) is 18.2 Å². The number of fused-ring (bicyclic) bond motifs is 1. The van der Waals surface area contributed by atoms with Crippen LogP contribution in [-0.4, -0.2) is 33.2 Å². The van der Waals surface area contributed by atoms with E-state index in [-0.39, 0.29) is 5.97 Å². The van der Waals surface area contributed by atoms with E-state index in [0.717, 1.165) is 28.4 Å². The second-order valence-corrected chi connectivity index (χ2v) is 5.86. The Morgan fingerprint density at radius 2 is 2.17 bits per heavy atom. The Balaban J connectivity index is 1.48. The van der Waals surface area contributed by atoms with Crippen molar-refractivity contribution in [2.75, 3.05) is 12.4 Å². The molecule has 0 spiro atoms. The molecule has 0 unspecified atom stereocenters. The monoisotopic (exact) mass is 323 g/mol. The first kappa shape index (κ1) is 14.6. The van der Waals surface area contributed by atoms with Crippen LogP contribution >= 0.6 is 0 Å². The fourth-order valence-corrected chi connectivity index (χ4v) is 2.56. The Morgan fingerprint density at radius 3 is 2.96 bits per heavy atom. The topological polar surface area (TPSA) is 92.8 Å². The molecule has 1 aliphatic rings. The molecule has 1 saturated carbocycles. The molecule has 1 aromatic carbocycles. The van der Waals surface area contributed by atoms with Gasteiger partial charge in [0.1, 0.15) is 11.6 Å². The van der Waals surface area contributed by atoms with E-state index in [1.165, 1.54) is 20.0 Å². The van der Waals surface area contributed by atoms with E-state index in [2.05, 4.69) is 25.5 Å². The number of anilines is 1. The average molecular weight is 323 g/mol. The largest absolute Gasteiger partial charge is 0.465 e. The number of esters is 1. The van der Waals surface area contributed by atoms with Crippen LogP contribution in [0.2, 0.25) is 0 Å². The number of hydrogen-bond acceptors (Lipinski definition) is 6. The van der Waals surface area contributed by atoms with Gasteiger partial charge < -0.3 is 10.1 Å². The number of ether oxygens (including phenoxy) is 1. The molecular formula is C17H17N5O2. The van der Waals surface area contributed by atoms with Crippen molar-refractivity contribution >= 4 is 22.7 Å². The fourth-order valence-electron chi connectivity index (χ4n) is 2.56. The van der Waals surface area contributed by atoms with Gasteiger partial charge in [0.25, 0.3) is 0 Å². The lowest BCUT2D eigenvalue weighted by molar-refractivity contribution is 0.0601. The number of carbonyl (C=O) groups excluding carboxylic acids is 1. The van der Waals surface area contributed by atoms with E-state index in [0.29, 0.717) is 18.0 Å². The second-order valence-electron chi connectivity index (χ2n) is 5.86. The Bertz CT molecular complexity index is 901. The van der Waals surface area contributed by atoms with Crippen molar-refractivity contribution < 1.29 is 9.53 Å². The van der Waals surface area contributed by atoms with Gasteiger partial charge in [-0.25, -0.2) is 14.8 Å². The SMILES string of the molecule is COC(=O)c1ccc2nc(NCc3nc(C4CC4)n[nH]3)ccc2c1. The summed E-state index contributed by atoms with van der Waals surface area (Å²) in [7, 11) is 1.37. The van der Waals surface area contributed by atoms with Gasteiger partial charge in [-0.05, 0) is 43.2 Å². The van der Waals surface area contributed by atoms with Gasteiger partial charge in [-0.3, -0.25) is 5.10 Å². The summed E-state index contributed by atoms with van der Waals surface area (Å²) in [6, 6.07) is 9.10. The molecule has 0 radical (unpaired) electrons. The van der Waals surface area contributed by atoms with Crippen LogP contribution in [-0.2, 0) is 11.3 Å². The zero-order valence-electron chi connectivity index (χ0n) is 13.2. The number of nitrogens with zero attached hydrogens (tertiary/aromatic N) is 3. The van der Waals surface area contributed by atoms with E-state index in [9.17, 15) is 4.79 Å². The molecule has 2 aromatic heterocycles. The van der Waals surface area contributed by atoms with Gasteiger partial charge in [-0.15, -0.1) is 0 Å². The lowest BCUT2D eigenvalue weighted by Crippen LogP contribution is -2.04. The van der Waals surface area contributed by atoms with Crippen LogP contribution in [0.5, 0.6) is 0 Å². The maximum Gasteiger partial charge on any atom is 0.337 e. The Hall–Kier alpha value is -2.96. The van der Waals surface area contributed by atoms with Gasteiger partial charge in [-0.1, -0.05) is 0 Å². The van der Waals surface area contributed by atoms with Crippen molar-refractivity contribution in [2.24, 2.45) is 0 Å². The van der Waals surface area contributed by atoms with E-state index < -0.39 is 0 Å². The fraction of sp³-hybridized carbons (Fsp3) is 0.294. The highest BCUT2D eigenvalue weighted by Gasteiger charge is 2.27. The maximum atomic E-state index is 11.6. The standard InChI is InChI=1S/C17H17N5O2/c1-24-17(23)12-4-6-13-11(8-12)5-7-14(19-13)18-9-15-20-16(22-21-15)10-2-3-10/h4-8,10H,2-3,9H2,1H3,(H,18,19)(H,20,21,22). The van der Waals surface area contributed by atoms with Gasteiger partial charge in [0.05, 0.1) is 24.7 Å². The highest BCUT2D eigenvalue weighted by Crippen LogP contribution is 2.37.